The maximum Gasteiger partial charge on any atom is 0.254 e. The fourth-order valence-corrected chi connectivity index (χ4v) is 9.61. The monoisotopic (exact) mass is 830 g/mol. The smallest absolute Gasteiger partial charge is 0.254 e. The van der Waals surface area contributed by atoms with Crippen LogP contribution in [0.1, 0.15) is 92.1 Å². The molecular formula is C45H50N8O6S. The van der Waals surface area contributed by atoms with Crippen molar-refractivity contribution in [3.63, 3.8) is 0 Å². The molecule has 15 heteroatoms. The summed E-state index contributed by atoms with van der Waals surface area (Å²) in [5.74, 6) is 0.185. The summed E-state index contributed by atoms with van der Waals surface area (Å²) in [4.78, 5) is 40.7. The van der Waals surface area contributed by atoms with E-state index in [1.807, 2.05) is 69.6 Å². The number of likely N-dealkylation sites (tertiary alicyclic amines) is 2. The highest BCUT2D eigenvalue weighted by Gasteiger charge is 2.44. The number of H-pyrrole nitrogens is 1. The van der Waals surface area contributed by atoms with Gasteiger partial charge in [-0.1, -0.05) is 50.2 Å². The molecule has 0 unspecified atom stereocenters. The summed E-state index contributed by atoms with van der Waals surface area (Å²) in [6.07, 6.45) is 1.64. The van der Waals surface area contributed by atoms with Gasteiger partial charge < -0.3 is 34.7 Å². The Labute approximate surface area is 352 Å². The van der Waals surface area contributed by atoms with Gasteiger partial charge >= 0.3 is 0 Å². The highest BCUT2D eigenvalue weighted by molar-refractivity contribution is 7.13. The first-order valence-corrected chi connectivity index (χ1v) is 21.7. The molecular weight excluding hydrogens is 781 g/mol. The van der Waals surface area contributed by atoms with Gasteiger partial charge in [0.05, 0.1) is 33.9 Å². The van der Waals surface area contributed by atoms with Crippen LogP contribution < -0.4 is 10.1 Å². The second-order valence-corrected chi connectivity index (χ2v) is 17.7. The molecule has 60 heavy (non-hydrogen) atoms. The Balaban J connectivity index is 0.796. The van der Waals surface area contributed by atoms with Crippen molar-refractivity contribution in [3.8, 4) is 33.3 Å². The Hall–Kier alpha value is -5.64. The maximum absolute atomic E-state index is 14.2. The number of aromatic amines is 1. The average Bonchev–Trinajstić information content (AvgIpc) is 3.49. The number of hydrogen-bond acceptors (Lipinski definition) is 12. The maximum atomic E-state index is 14.2. The van der Waals surface area contributed by atoms with Crippen LogP contribution in [0.25, 0.3) is 32.7 Å². The summed E-state index contributed by atoms with van der Waals surface area (Å²) in [6, 6.07) is 17.8. The molecule has 0 spiro atoms. The van der Waals surface area contributed by atoms with E-state index < -0.39 is 18.1 Å². The number of carbonyl (C=O) groups excluding carboxylic acids is 2. The molecule has 1 saturated carbocycles. The molecule has 1 aliphatic carbocycles. The number of amides is 2. The summed E-state index contributed by atoms with van der Waals surface area (Å²) < 4.78 is 11.7. The van der Waals surface area contributed by atoms with E-state index in [1.54, 1.807) is 29.5 Å². The molecule has 6 aromatic rings. The fourth-order valence-electron chi connectivity index (χ4n) is 8.80. The molecule has 2 aromatic carbocycles. The number of fused-ring (bicyclic) bond motifs is 1. The third-order valence-electron chi connectivity index (χ3n) is 12.2. The van der Waals surface area contributed by atoms with Crippen LogP contribution in [0.3, 0.4) is 0 Å². The first kappa shape index (κ1) is 39.8. The van der Waals surface area contributed by atoms with E-state index in [4.69, 9.17) is 9.26 Å². The lowest BCUT2D eigenvalue weighted by Crippen LogP contribution is -2.48. The second-order valence-electron chi connectivity index (χ2n) is 16.8. The number of β-amino-alcohol motifs (C(OH)–C–C–N with tert-alkyl or cyclic N) is 1. The summed E-state index contributed by atoms with van der Waals surface area (Å²) >= 11 is 1.59. The minimum atomic E-state index is -0.826. The van der Waals surface area contributed by atoms with Gasteiger partial charge in [0.15, 0.2) is 11.4 Å². The third-order valence-corrected chi connectivity index (χ3v) is 13.2. The van der Waals surface area contributed by atoms with Crippen LogP contribution in [0, 0.1) is 12.8 Å². The zero-order valence-electron chi connectivity index (χ0n) is 34.2. The van der Waals surface area contributed by atoms with Gasteiger partial charge in [-0.15, -0.1) is 21.5 Å². The molecule has 4 atom stereocenters. The first-order chi connectivity index (χ1) is 29.0. The molecule has 3 aliphatic rings. The van der Waals surface area contributed by atoms with Crippen LogP contribution in [0.5, 0.6) is 11.6 Å². The fraction of sp³-hybridized carbons (Fsp3) is 0.422. The summed E-state index contributed by atoms with van der Waals surface area (Å²) in [6.45, 7) is 10.6. The Morgan fingerprint density at radius 2 is 1.82 bits per heavy atom. The average molecular weight is 831 g/mol. The molecule has 4 N–H and O–H groups in total. The van der Waals surface area contributed by atoms with Crippen LogP contribution >= 0.6 is 11.3 Å². The standard InChI is InChI=1S/C45H50N8O6S/c1-24(2)39(45(57)53-22-31(54)17-35(53)44(56)47-25(3)27-9-13-29(14-10-27)42-26(4)46-23-60-42)37-19-38(51-59-37)58-16-15-52-20-30(21-52)41-40(28-11-12-28)33-18-34(49-50-43(33)48-41)32-7-5-6-8-36(32)55/h5-10,13-14,18-19,23-25,28,30-31,35,39,54-55H,11-12,15-17,20-22H2,1-4H3,(H,47,56)(H,48,50)/t25-,31+,35-,39+/m0/s1. The zero-order chi connectivity index (χ0) is 41.7. The van der Waals surface area contributed by atoms with E-state index >= 15 is 0 Å². The number of phenolic OH excluding ortho intramolecular Hbond substituents is 1. The van der Waals surface area contributed by atoms with E-state index in [-0.39, 0.29) is 42.5 Å². The molecule has 2 aliphatic heterocycles. The molecule has 14 nitrogen and oxygen atoms in total. The van der Waals surface area contributed by atoms with Crippen molar-refractivity contribution in [2.75, 3.05) is 32.8 Å². The number of aromatic hydroxyl groups is 1. The number of carbonyl (C=O) groups is 2. The number of aliphatic hydroxyl groups is 1. The lowest BCUT2D eigenvalue weighted by atomic mass is 9.91. The number of aromatic nitrogens is 5. The topological polar surface area (TPSA) is 183 Å². The summed E-state index contributed by atoms with van der Waals surface area (Å²) in [5, 5.41) is 38.3. The lowest BCUT2D eigenvalue weighted by Gasteiger charge is -2.39. The molecule has 4 aromatic heterocycles. The van der Waals surface area contributed by atoms with Crippen molar-refractivity contribution in [1.29, 1.82) is 0 Å². The summed E-state index contributed by atoms with van der Waals surface area (Å²) in [5.41, 5.74) is 9.48. The van der Waals surface area contributed by atoms with Crippen LogP contribution in [-0.4, -0.2) is 102 Å². The van der Waals surface area contributed by atoms with Crippen LogP contribution in [0.2, 0.25) is 0 Å². The van der Waals surface area contributed by atoms with Crippen molar-refractivity contribution in [2.45, 2.75) is 82.9 Å². The van der Waals surface area contributed by atoms with Gasteiger partial charge in [-0.25, -0.2) is 4.98 Å². The minimum absolute atomic E-state index is 0.0546. The number of para-hydroxylation sites is 1. The highest BCUT2D eigenvalue weighted by Crippen LogP contribution is 2.48. The predicted octanol–water partition coefficient (Wildman–Crippen LogP) is 6.68. The molecule has 6 heterocycles. The molecule has 9 rings (SSSR count). The minimum Gasteiger partial charge on any atom is -0.507 e. The highest BCUT2D eigenvalue weighted by atomic mass is 32.1. The molecule has 3 fully saturated rings. The molecule has 2 saturated heterocycles. The van der Waals surface area contributed by atoms with Gasteiger partial charge in [0.1, 0.15) is 24.3 Å². The molecule has 0 radical (unpaired) electrons. The van der Waals surface area contributed by atoms with Crippen molar-refractivity contribution < 1.29 is 29.1 Å². The van der Waals surface area contributed by atoms with Gasteiger partial charge in [-0.3, -0.25) is 14.5 Å². The second kappa shape index (κ2) is 16.4. The van der Waals surface area contributed by atoms with Crippen LogP contribution in [0.4, 0.5) is 0 Å². The number of rotatable bonds is 14. The summed E-state index contributed by atoms with van der Waals surface area (Å²) in [7, 11) is 0. The van der Waals surface area contributed by atoms with E-state index in [1.165, 1.54) is 16.2 Å². The Morgan fingerprint density at radius 3 is 2.53 bits per heavy atom. The van der Waals surface area contributed by atoms with Crippen molar-refractivity contribution in [1.82, 2.24) is 40.4 Å². The predicted molar refractivity (Wildman–Crippen MR) is 227 cm³/mol. The number of phenols is 1. The Morgan fingerprint density at radius 1 is 1.03 bits per heavy atom. The number of aliphatic hydroxyl groups excluding tert-OH is 1. The van der Waals surface area contributed by atoms with Crippen molar-refractivity contribution >= 4 is 34.2 Å². The largest absolute Gasteiger partial charge is 0.507 e. The van der Waals surface area contributed by atoms with Crippen molar-refractivity contribution in [2.24, 2.45) is 5.92 Å². The number of hydrogen-bond donors (Lipinski definition) is 4. The number of aryl methyl sites for hydroxylation is 1. The van der Waals surface area contributed by atoms with Gasteiger partial charge in [0, 0.05) is 61.2 Å². The number of nitrogens with zero attached hydrogens (tertiary/aromatic N) is 6. The van der Waals surface area contributed by atoms with E-state index in [0.29, 0.717) is 47.9 Å². The zero-order valence-corrected chi connectivity index (χ0v) is 35.0. The van der Waals surface area contributed by atoms with Crippen LogP contribution in [0.15, 0.2) is 70.7 Å². The van der Waals surface area contributed by atoms with E-state index in [2.05, 4.69) is 41.6 Å². The lowest BCUT2D eigenvalue weighted by molar-refractivity contribution is -0.141. The Kier molecular flexibility index (Phi) is 10.9. The number of nitrogens with one attached hydrogen (secondary N) is 2. The van der Waals surface area contributed by atoms with Gasteiger partial charge in [0.2, 0.25) is 11.8 Å². The van der Waals surface area contributed by atoms with Crippen LogP contribution in [-0.2, 0) is 9.59 Å². The molecule has 0 bridgehead atoms. The van der Waals surface area contributed by atoms with Crippen molar-refractivity contribution in [3.05, 3.63) is 94.4 Å². The third kappa shape index (κ3) is 7.88. The normalized spacial score (nSPS) is 19.5. The Bertz CT molecular complexity index is 2500. The van der Waals surface area contributed by atoms with Gasteiger partial charge in [0.25, 0.3) is 5.88 Å². The molecule has 2 amide bonds. The number of thiazole rings is 1. The SMILES string of the molecule is Cc1ncsc1-c1ccc([C@H](C)NC(=O)[C@@H]2C[C@@H](O)CN2C(=O)[C@@H](c2cc(OCCN3CC(c4[nH]c5nnc(-c6ccccc6O)cc5c4C4CC4)C3)no2)C(C)C)cc1. The number of benzene rings is 2. The first-order valence-electron chi connectivity index (χ1n) is 20.8. The van der Waals surface area contributed by atoms with E-state index in [0.717, 1.165) is 58.7 Å². The number of ether oxygens (including phenoxy) is 1. The quantitative estimate of drug-likeness (QED) is 0.0919. The van der Waals surface area contributed by atoms with Gasteiger partial charge in [-0.2, -0.15) is 0 Å². The van der Waals surface area contributed by atoms with Gasteiger partial charge in [-0.05, 0) is 78.6 Å². The van der Waals surface area contributed by atoms with E-state index in [9.17, 15) is 19.8 Å². The molecule has 312 valence electrons.